The molecule has 1 atom stereocenters. The summed E-state index contributed by atoms with van der Waals surface area (Å²) in [6.07, 6.45) is 0.461. The maximum atomic E-state index is 12.5. The van der Waals surface area contributed by atoms with Gasteiger partial charge in [-0.05, 0) is 61.2 Å². The van der Waals surface area contributed by atoms with E-state index in [2.05, 4.69) is 5.32 Å². The number of hydrogen-bond donors (Lipinski definition) is 2. The number of aryl methyl sites for hydroxylation is 1. The van der Waals surface area contributed by atoms with Gasteiger partial charge in [0.05, 0.1) is 5.41 Å². The number of carbonyl (C=O) groups is 2. The third kappa shape index (κ3) is 3.68. The Bertz CT molecular complexity index is 868. The predicted octanol–water partition coefficient (Wildman–Crippen LogP) is 4.64. The molecule has 2 aromatic rings. The lowest BCUT2D eigenvalue weighted by atomic mass is 9.90. The lowest BCUT2D eigenvalue weighted by Crippen LogP contribution is -2.37. The molecule has 1 heterocycles. The van der Waals surface area contributed by atoms with Crippen molar-refractivity contribution in [1.82, 2.24) is 4.90 Å². The number of anilines is 1. The van der Waals surface area contributed by atoms with Crippen molar-refractivity contribution in [3.8, 4) is 11.1 Å². The minimum atomic E-state index is -0.872. The first-order valence-electron chi connectivity index (χ1n) is 8.44. The second-order valence-electron chi connectivity index (χ2n) is 7.01. The summed E-state index contributed by atoms with van der Waals surface area (Å²) in [5.74, 6) is -0.866. The fourth-order valence-corrected chi connectivity index (χ4v) is 3.35. The summed E-state index contributed by atoms with van der Waals surface area (Å²) in [7, 11) is 0. The van der Waals surface area contributed by atoms with Gasteiger partial charge in [0, 0.05) is 23.8 Å². The normalized spacial score (nSPS) is 19.4. The van der Waals surface area contributed by atoms with Crippen LogP contribution < -0.4 is 5.32 Å². The van der Waals surface area contributed by atoms with Gasteiger partial charge in [-0.25, -0.2) is 4.79 Å². The largest absolute Gasteiger partial charge is 0.481 e. The Kier molecular flexibility index (Phi) is 4.92. The zero-order chi connectivity index (χ0) is 18.9. The van der Waals surface area contributed by atoms with Gasteiger partial charge < -0.3 is 15.3 Å². The van der Waals surface area contributed by atoms with Crippen molar-refractivity contribution in [2.45, 2.75) is 20.3 Å². The molecule has 1 aliphatic heterocycles. The van der Waals surface area contributed by atoms with Gasteiger partial charge in [-0.3, -0.25) is 4.79 Å². The quantitative estimate of drug-likeness (QED) is 0.824. The number of carboxylic acid groups (broad SMARTS) is 1. The highest BCUT2D eigenvalue weighted by Crippen LogP contribution is 2.31. The average Bonchev–Trinajstić information content (AvgIpc) is 3.01. The number of nitrogens with one attached hydrogen (secondary N) is 1. The van der Waals surface area contributed by atoms with E-state index in [1.54, 1.807) is 11.8 Å². The predicted molar refractivity (Wildman–Crippen MR) is 103 cm³/mol. The lowest BCUT2D eigenvalue weighted by Gasteiger charge is -2.21. The molecule has 1 fully saturated rings. The van der Waals surface area contributed by atoms with Crippen LogP contribution in [0.15, 0.2) is 42.5 Å². The Morgan fingerprint density at radius 1 is 1.19 bits per heavy atom. The number of rotatable bonds is 3. The highest BCUT2D eigenvalue weighted by atomic mass is 35.5. The highest BCUT2D eigenvalue weighted by molar-refractivity contribution is 6.30. The molecule has 5 nitrogen and oxygen atoms in total. The van der Waals surface area contributed by atoms with E-state index in [0.717, 1.165) is 16.7 Å². The molecule has 2 amide bonds. The van der Waals surface area contributed by atoms with Gasteiger partial charge in [-0.2, -0.15) is 0 Å². The van der Waals surface area contributed by atoms with E-state index in [1.807, 2.05) is 49.4 Å². The van der Waals surface area contributed by atoms with E-state index in [1.165, 1.54) is 0 Å². The molecule has 0 spiro atoms. The summed E-state index contributed by atoms with van der Waals surface area (Å²) >= 11 is 6.05. The molecule has 0 radical (unpaired) electrons. The van der Waals surface area contributed by atoms with Crippen LogP contribution >= 0.6 is 11.6 Å². The number of urea groups is 1. The first kappa shape index (κ1) is 18.3. The van der Waals surface area contributed by atoms with Gasteiger partial charge >= 0.3 is 12.0 Å². The summed E-state index contributed by atoms with van der Waals surface area (Å²) in [6.45, 7) is 4.25. The van der Waals surface area contributed by atoms with Crippen LogP contribution in [0.4, 0.5) is 10.5 Å². The van der Waals surface area contributed by atoms with Crippen molar-refractivity contribution in [2.75, 3.05) is 18.4 Å². The van der Waals surface area contributed by atoms with E-state index in [9.17, 15) is 14.7 Å². The van der Waals surface area contributed by atoms with Gasteiger partial charge in [0.1, 0.15) is 0 Å². The summed E-state index contributed by atoms with van der Waals surface area (Å²) < 4.78 is 0. The second-order valence-corrected chi connectivity index (χ2v) is 7.44. The van der Waals surface area contributed by atoms with E-state index < -0.39 is 11.4 Å². The summed E-state index contributed by atoms with van der Waals surface area (Å²) in [6, 6.07) is 13.1. The number of aliphatic carboxylic acids is 1. The van der Waals surface area contributed by atoms with E-state index >= 15 is 0 Å². The average molecular weight is 373 g/mol. The number of halogens is 1. The Morgan fingerprint density at radius 3 is 2.54 bits per heavy atom. The molecular formula is C20H21ClN2O3. The molecule has 1 saturated heterocycles. The third-order valence-corrected chi connectivity index (χ3v) is 5.14. The van der Waals surface area contributed by atoms with Crippen molar-refractivity contribution in [1.29, 1.82) is 0 Å². The van der Waals surface area contributed by atoms with Crippen LogP contribution in [0.5, 0.6) is 0 Å². The number of benzene rings is 2. The molecule has 0 saturated carbocycles. The van der Waals surface area contributed by atoms with E-state index in [4.69, 9.17) is 11.6 Å². The number of nitrogens with zero attached hydrogens (tertiary/aromatic N) is 1. The maximum Gasteiger partial charge on any atom is 0.321 e. The van der Waals surface area contributed by atoms with Crippen molar-refractivity contribution in [3.05, 3.63) is 53.1 Å². The first-order valence-corrected chi connectivity index (χ1v) is 8.82. The Hall–Kier alpha value is -2.53. The molecule has 0 aliphatic carbocycles. The summed E-state index contributed by atoms with van der Waals surface area (Å²) in [4.78, 5) is 25.4. The van der Waals surface area contributed by atoms with Crippen LogP contribution in [0.3, 0.4) is 0 Å². The molecular weight excluding hydrogens is 352 g/mol. The van der Waals surface area contributed by atoms with Gasteiger partial charge in [-0.15, -0.1) is 0 Å². The monoisotopic (exact) mass is 372 g/mol. The Morgan fingerprint density at radius 2 is 1.92 bits per heavy atom. The number of carbonyl (C=O) groups excluding carboxylic acids is 1. The number of likely N-dealkylation sites (tertiary alicyclic amines) is 1. The van der Waals surface area contributed by atoms with Crippen LogP contribution in [0.25, 0.3) is 11.1 Å². The van der Waals surface area contributed by atoms with Crippen molar-refractivity contribution >= 4 is 29.3 Å². The minimum Gasteiger partial charge on any atom is -0.481 e. The van der Waals surface area contributed by atoms with Crippen LogP contribution in [0.1, 0.15) is 18.9 Å². The minimum absolute atomic E-state index is 0.216. The zero-order valence-corrected chi connectivity index (χ0v) is 15.5. The summed E-state index contributed by atoms with van der Waals surface area (Å²) in [5, 5.41) is 12.9. The molecule has 26 heavy (non-hydrogen) atoms. The number of hydrogen-bond acceptors (Lipinski definition) is 2. The molecule has 1 unspecified atom stereocenters. The van der Waals surface area contributed by atoms with Gasteiger partial charge in [0.25, 0.3) is 0 Å². The van der Waals surface area contributed by atoms with E-state index in [0.29, 0.717) is 23.7 Å². The van der Waals surface area contributed by atoms with Crippen LogP contribution in [-0.2, 0) is 4.79 Å². The molecule has 2 N–H and O–H groups in total. The summed E-state index contributed by atoms with van der Waals surface area (Å²) in [5.41, 5.74) is 2.79. The molecule has 6 heteroatoms. The number of amides is 2. The zero-order valence-electron chi connectivity index (χ0n) is 14.8. The van der Waals surface area contributed by atoms with Crippen molar-refractivity contribution < 1.29 is 14.7 Å². The van der Waals surface area contributed by atoms with Crippen LogP contribution in [-0.4, -0.2) is 35.1 Å². The Labute approximate surface area is 157 Å². The molecule has 0 aromatic heterocycles. The van der Waals surface area contributed by atoms with Crippen molar-refractivity contribution in [2.24, 2.45) is 5.41 Å². The van der Waals surface area contributed by atoms with Crippen molar-refractivity contribution in [3.63, 3.8) is 0 Å². The molecule has 2 aromatic carbocycles. The molecule has 3 rings (SSSR count). The van der Waals surface area contributed by atoms with Gasteiger partial charge in [-0.1, -0.05) is 29.8 Å². The highest BCUT2D eigenvalue weighted by Gasteiger charge is 2.42. The van der Waals surface area contributed by atoms with Gasteiger partial charge in [0.15, 0.2) is 0 Å². The SMILES string of the molecule is Cc1cc(-c2cccc(Cl)c2)ccc1NC(=O)N1CCC(C)(C(=O)O)C1. The standard InChI is InChI=1S/C20H21ClN2O3/c1-13-10-15(14-4-3-5-16(21)11-14)6-7-17(13)22-19(26)23-9-8-20(2,12-23)18(24)25/h3-7,10-11H,8-9,12H2,1-2H3,(H,22,26)(H,24,25). The lowest BCUT2D eigenvalue weighted by molar-refractivity contribution is -0.146. The first-order chi connectivity index (χ1) is 12.3. The van der Waals surface area contributed by atoms with E-state index in [-0.39, 0.29) is 12.6 Å². The van der Waals surface area contributed by atoms with Crippen LogP contribution in [0.2, 0.25) is 5.02 Å². The molecule has 0 bridgehead atoms. The Balaban J connectivity index is 1.73. The van der Waals surface area contributed by atoms with Crippen LogP contribution in [0, 0.1) is 12.3 Å². The topological polar surface area (TPSA) is 69.6 Å². The van der Waals surface area contributed by atoms with Gasteiger partial charge in [0.2, 0.25) is 0 Å². The molecule has 1 aliphatic rings. The fourth-order valence-electron chi connectivity index (χ4n) is 3.15. The maximum absolute atomic E-state index is 12.5. The smallest absolute Gasteiger partial charge is 0.321 e. The third-order valence-electron chi connectivity index (χ3n) is 4.90. The fraction of sp³-hybridized carbons (Fsp3) is 0.300. The number of carboxylic acids is 1. The second kappa shape index (κ2) is 7.00. The molecule has 136 valence electrons.